The molecule has 27 heavy (non-hydrogen) atoms. The smallest absolute Gasteiger partial charge is 0.305 e. The quantitative estimate of drug-likeness (QED) is 0.715. The van der Waals surface area contributed by atoms with Crippen LogP contribution in [0, 0.1) is 11.8 Å². The molecule has 3 saturated heterocycles. The molecule has 1 unspecified atom stereocenters. The maximum atomic E-state index is 11.6. The van der Waals surface area contributed by atoms with E-state index in [2.05, 4.69) is 40.1 Å². The van der Waals surface area contributed by atoms with Gasteiger partial charge in [-0.05, 0) is 69.0 Å². The Balaban J connectivity index is 1.52. The fourth-order valence-corrected chi connectivity index (χ4v) is 6.04. The molecular formula is C23H34N2O2. The molecule has 4 nitrogen and oxygen atoms in total. The van der Waals surface area contributed by atoms with Crippen LogP contribution in [0.4, 0.5) is 0 Å². The number of nitrogens with zero attached hydrogens (tertiary/aromatic N) is 2. The number of benzene rings is 1. The van der Waals surface area contributed by atoms with Crippen LogP contribution >= 0.6 is 0 Å². The average Bonchev–Trinajstić information content (AvgIpc) is 2.71. The number of hydrogen-bond donors (Lipinski definition) is 0. The predicted molar refractivity (Wildman–Crippen MR) is 107 cm³/mol. The van der Waals surface area contributed by atoms with Crippen LogP contribution in [-0.4, -0.2) is 54.6 Å². The number of hydrogen-bond acceptors (Lipinski definition) is 4. The van der Waals surface area contributed by atoms with E-state index in [9.17, 15) is 4.79 Å². The van der Waals surface area contributed by atoms with Crippen molar-refractivity contribution in [3.63, 3.8) is 0 Å². The van der Waals surface area contributed by atoms with Gasteiger partial charge in [0, 0.05) is 31.6 Å². The third-order valence-corrected chi connectivity index (χ3v) is 7.12. The molecular weight excluding hydrogens is 336 g/mol. The van der Waals surface area contributed by atoms with Gasteiger partial charge in [0.25, 0.3) is 0 Å². The molecule has 0 aliphatic carbocycles. The zero-order valence-corrected chi connectivity index (χ0v) is 16.7. The highest BCUT2D eigenvalue weighted by atomic mass is 16.5. The van der Waals surface area contributed by atoms with E-state index in [0.29, 0.717) is 12.5 Å². The summed E-state index contributed by atoms with van der Waals surface area (Å²) >= 11 is 0. The lowest BCUT2D eigenvalue weighted by Crippen LogP contribution is -2.64. The monoisotopic (exact) mass is 370 g/mol. The molecule has 1 aromatic carbocycles. The third-order valence-electron chi connectivity index (χ3n) is 7.12. The molecule has 4 rings (SSSR count). The first-order valence-corrected chi connectivity index (χ1v) is 10.8. The molecule has 0 amide bonds. The molecule has 0 bridgehead atoms. The molecule has 3 aliphatic rings. The van der Waals surface area contributed by atoms with Gasteiger partial charge in [-0.3, -0.25) is 14.6 Å². The summed E-state index contributed by atoms with van der Waals surface area (Å²) < 4.78 is 4.87. The van der Waals surface area contributed by atoms with Crippen LogP contribution in [0.15, 0.2) is 30.3 Å². The molecule has 0 aromatic heterocycles. The molecule has 0 spiro atoms. The van der Waals surface area contributed by atoms with E-state index in [-0.39, 0.29) is 5.97 Å². The fourth-order valence-electron chi connectivity index (χ4n) is 6.04. The average molecular weight is 371 g/mol. The van der Waals surface area contributed by atoms with Crippen molar-refractivity contribution in [2.24, 2.45) is 11.8 Å². The minimum Gasteiger partial charge on any atom is -0.469 e. The predicted octanol–water partition coefficient (Wildman–Crippen LogP) is 3.70. The van der Waals surface area contributed by atoms with E-state index in [1.807, 2.05) is 0 Å². The normalized spacial score (nSPS) is 31.3. The Morgan fingerprint density at radius 1 is 1.15 bits per heavy atom. The summed E-state index contributed by atoms with van der Waals surface area (Å²) in [6, 6.07) is 12.3. The van der Waals surface area contributed by atoms with E-state index < -0.39 is 0 Å². The van der Waals surface area contributed by atoms with Gasteiger partial charge < -0.3 is 4.74 Å². The molecule has 1 aromatic rings. The maximum absolute atomic E-state index is 11.6. The summed E-state index contributed by atoms with van der Waals surface area (Å²) in [5.74, 6) is 1.52. The van der Waals surface area contributed by atoms with Gasteiger partial charge in [-0.15, -0.1) is 0 Å². The number of esters is 1. The molecule has 3 fully saturated rings. The van der Waals surface area contributed by atoms with Crippen LogP contribution in [0.25, 0.3) is 0 Å². The number of carbonyl (C=O) groups excluding carboxylic acids is 1. The van der Waals surface area contributed by atoms with Crippen LogP contribution in [0.1, 0.15) is 50.5 Å². The van der Waals surface area contributed by atoms with Gasteiger partial charge in [0.05, 0.1) is 7.11 Å². The Kier molecular flexibility index (Phi) is 6.14. The summed E-state index contributed by atoms with van der Waals surface area (Å²) in [5.41, 5.74) is 1.41. The summed E-state index contributed by atoms with van der Waals surface area (Å²) in [5, 5.41) is 0. The minimum atomic E-state index is -0.0683. The highest BCUT2D eigenvalue weighted by molar-refractivity contribution is 5.68. The molecule has 0 saturated carbocycles. The van der Waals surface area contributed by atoms with Crippen LogP contribution < -0.4 is 0 Å². The highest BCUT2D eigenvalue weighted by Crippen LogP contribution is 2.43. The Morgan fingerprint density at radius 3 is 2.70 bits per heavy atom. The van der Waals surface area contributed by atoms with Gasteiger partial charge in [0.1, 0.15) is 0 Å². The fraction of sp³-hybridized carbons (Fsp3) is 0.696. The summed E-state index contributed by atoms with van der Waals surface area (Å²) in [4.78, 5) is 17.2. The van der Waals surface area contributed by atoms with E-state index in [1.165, 1.54) is 58.0 Å². The molecule has 3 heterocycles. The van der Waals surface area contributed by atoms with Gasteiger partial charge >= 0.3 is 5.97 Å². The SMILES string of the molecule is COC(=O)CCCC1[C@H]2CCCN3CCC[C@@H](CN1Cc1ccccc1)[C@@H]23. The van der Waals surface area contributed by atoms with Crippen molar-refractivity contribution in [3.8, 4) is 0 Å². The molecule has 0 radical (unpaired) electrons. The second-order valence-electron chi connectivity index (χ2n) is 8.69. The zero-order valence-electron chi connectivity index (χ0n) is 16.7. The molecule has 4 heteroatoms. The van der Waals surface area contributed by atoms with Crippen LogP contribution in [-0.2, 0) is 16.1 Å². The second-order valence-corrected chi connectivity index (χ2v) is 8.69. The van der Waals surface area contributed by atoms with Crippen molar-refractivity contribution < 1.29 is 9.53 Å². The Labute approximate surface area is 163 Å². The Bertz CT molecular complexity index is 618. The van der Waals surface area contributed by atoms with Gasteiger partial charge in [-0.2, -0.15) is 0 Å². The minimum absolute atomic E-state index is 0.0683. The number of rotatable bonds is 6. The lowest BCUT2D eigenvalue weighted by Gasteiger charge is -2.57. The largest absolute Gasteiger partial charge is 0.469 e. The first-order valence-electron chi connectivity index (χ1n) is 10.8. The van der Waals surface area contributed by atoms with E-state index >= 15 is 0 Å². The molecule has 148 valence electrons. The van der Waals surface area contributed by atoms with Crippen molar-refractivity contribution >= 4 is 5.97 Å². The van der Waals surface area contributed by atoms with Crippen LogP contribution in [0.5, 0.6) is 0 Å². The standard InChI is InChI=1S/C23H34N2O2/c1-27-22(26)13-5-12-21-20-11-7-15-24-14-6-10-19(23(20)24)17-25(21)16-18-8-3-2-4-9-18/h2-4,8-9,19-21,23H,5-7,10-17H2,1H3/t19-,20+,21?,23-/m0/s1. The lowest BCUT2D eigenvalue weighted by molar-refractivity contribution is -0.141. The van der Waals surface area contributed by atoms with Gasteiger partial charge in [0.15, 0.2) is 0 Å². The van der Waals surface area contributed by atoms with Gasteiger partial charge in [-0.25, -0.2) is 0 Å². The van der Waals surface area contributed by atoms with Gasteiger partial charge in [0.2, 0.25) is 0 Å². The van der Waals surface area contributed by atoms with Crippen molar-refractivity contribution in [2.45, 2.75) is 63.6 Å². The highest BCUT2D eigenvalue weighted by Gasteiger charge is 2.48. The van der Waals surface area contributed by atoms with Crippen molar-refractivity contribution in [1.82, 2.24) is 9.80 Å². The van der Waals surface area contributed by atoms with E-state index in [0.717, 1.165) is 37.3 Å². The molecule has 3 aliphatic heterocycles. The lowest BCUT2D eigenvalue weighted by atomic mass is 9.69. The summed E-state index contributed by atoms with van der Waals surface area (Å²) in [7, 11) is 1.50. The molecule has 0 N–H and O–H groups in total. The van der Waals surface area contributed by atoms with Crippen molar-refractivity contribution in [1.29, 1.82) is 0 Å². The Morgan fingerprint density at radius 2 is 1.93 bits per heavy atom. The first kappa shape index (κ1) is 18.9. The third kappa shape index (κ3) is 4.22. The number of piperidine rings is 3. The van der Waals surface area contributed by atoms with E-state index in [1.54, 1.807) is 0 Å². The number of methoxy groups -OCH3 is 1. The Hall–Kier alpha value is -1.39. The van der Waals surface area contributed by atoms with Crippen LogP contribution in [0.3, 0.4) is 0 Å². The van der Waals surface area contributed by atoms with Crippen LogP contribution in [0.2, 0.25) is 0 Å². The topological polar surface area (TPSA) is 32.8 Å². The van der Waals surface area contributed by atoms with Crippen molar-refractivity contribution in [3.05, 3.63) is 35.9 Å². The molecule has 4 atom stereocenters. The number of ether oxygens (including phenoxy) is 1. The number of carbonyl (C=O) groups is 1. The van der Waals surface area contributed by atoms with E-state index in [4.69, 9.17) is 4.74 Å². The summed E-state index contributed by atoms with van der Waals surface area (Å²) in [6.07, 6.45) is 8.04. The number of likely N-dealkylation sites (tertiary alicyclic amines) is 1. The van der Waals surface area contributed by atoms with Gasteiger partial charge in [-0.1, -0.05) is 30.3 Å². The summed E-state index contributed by atoms with van der Waals surface area (Å²) in [6.45, 7) is 4.86. The zero-order chi connectivity index (χ0) is 18.6. The van der Waals surface area contributed by atoms with Crippen molar-refractivity contribution in [2.75, 3.05) is 26.7 Å². The second kappa shape index (κ2) is 8.74. The maximum Gasteiger partial charge on any atom is 0.305 e. The first-order chi connectivity index (χ1) is 13.3.